The molecule has 2 N–H and O–H groups in total. The van der Waals surface area contributed by atoms with Gasteiger partial charge in [0.2, 0.25) is 0 Å². The number of nitrogens with zero attached hydrogens (tertiary/aromatic N) is 2. The van der Waals surface area contributed by atoms with Crippen LogP contribution in [0.25, 0.3) is 0 Å². The zero-order valence-corrected chi connectivity index (χ0v) is 8.95. The third-order valence-electron chi connectivity index (χ3n) is 1.92. The highest BCUT2D eigenvalue weighted by molar-refractivity contribution is 8.14. The lowest BCUT2D eigenvalue weighted by molar-refractivity contribution is 0.402. The topological polar surface area (TPSA) is 65.2 Å². The molecule has 0 radical (unpaired) electrons. The maximum absolute atomic E-state index is 9.29. The van der Waals surface area contributed by atoms with Crippen LogP contribution in [0.15, 0.2) is 33.3 Å². The Morgan fingerprint density at radius 1 is 1.20 bits per heavy atom. The third-order valence-corrected chi connectivity index (χ3v) is 2.87. The van der Waals surface area contributed by atoms with Crippen LogP contribution in [-0.2, 0) is 0 Å². The second-order valence-corrected chi connectivity index (χ2v) is 4.41. The quantitative estimate of drug-likeness (QED) is 0.717. The normalized spacial score (nSPS) is 15.0. The van der Waals surface area contributed by atoms with E-state index in [-0.39, 0.29) is 11.5 Å². The van der Waals surface area contributed by atoms with E-state index in [0.29, 0.717) is 0 Å². The number of phenolic OH excluding ortho intramolecular Hbond substituents is 2. The Morgan fingerprint density at radius 2 is 2.00 bits per heavy atom. The molecule has 0 amide bonds. The molecular weight excluding hydrogens is 212 g/mol. The molecule has 1 aromatic rings. The van der Waals surface area contributed by atoms with Gasteiger partial charge in [0.05, 0.1) is 0 Å². The first-order valence-corrected chi connectivity index (χ1v) is 5.26. The monoisotopic (exact) mass is 222 g/mol. The Morgan fingerprint density at radius 3 is 2.60 bits per heavy atom. The van der Waals surface area contributed by atoms with E-state index in [2.05, 4.69) is 10.2 Å². The lowest BCUT2D eigenvalue weighted by atomic mass is 10.3. The molecule has 0 aliphatic carbocycles. The van der Waals surface area contributed by atoms with Gasteiger partial charge in [-0.2, -0.15) is 5.10 Å². The van der Waals surface area contributed by atoms with Crippen LogP contribution >= 0.6 is 11.8 Å². The molecule has 0 spiro atoms. The fourth-order valence-corrected chi connectivity index (χ4v) is 2.13. The van der Waals surface area contributed by atoms with E-state index < -0.39 is 0 Å². The van der Waals surface area contributed by atoms with Crippen LogP contribution in [-0.4, -0.2) is 21.0 Å². The first-order chi connectivity index (χ1) is 7.15. The Bertz CT molecular complexity index is 455. The Kier molecular flexibility index (Phi) is 2.64. The molecule has 0 atom stereocenters. The van der Waals surface area contributed by atoms with Gasteiger partial charge in [-0.3, -0.25) is 0 Å². The number of hydrogen-bond donors (Lipinski definition) is 2. The number of benzene rings is 1. The molecule has 1 aromatic carbocycles. The third kappa shape index (κ3) is 2.30. The van der Waals surface area contributed by atoms with E-state index in [9.17, 15) is 5.11 Å². The average Bonchev–Trinajstić information content (AvgIpc) is 2.58. The van der Waals surface area contributed by atoms with Gasteiger partial charge in [-0.25, -0.2) is 0 Å². The molecule has 15 heavy (non-hydrogen) atoms. The molecule has 0 saturated carbocycles. The van der Waals surface area contributed by atoms with E-state index in [4.69, 9.17) is 5.11 Å². The summed E-state index contributed by atoms with van der Waals surface area (Å²) in [5.74, 6) is -0.226. The maximum Gasteiger partial charge on any atom is 0.158 e. The van der Waals surface area contributed by atoms with Crippen LogP contribution in [0.1, 0.15) is 13.3 Å². The number of aromatic hydroxyl groups is 2. The summed E-state index contributed by atoms with van der Waals surface area (Å²) in [6.07, 6.45) is 0.756. The van der Waals surface area contributed by atoms with Crippen LogP contribution in [0.3, 0.4) is 0 Å². The average molecular weight is 222 g/mol. The zero-order valence-electron chi connectivity index (χ0n) is 8.14. The number of phenols is 2. The molecule has 0 aromatic heterocycles. The second-order valence-electron chi connectivity index (χ2n) is 3.26. The van der Waals surface area contributed by atoms with Crippen LogP contribution in [0.2, 0.25) is 0 Å². The van der Waals surface area contributed by atoms with E-state index >= 15 is 0 Å². The largest absolute Gasteiger partial charge is 0.504 e. The minimum Gasteiger partial charge on any atom is -0.504 e. The van der Waals surface area contributed by atoms with Crippen LogP contribution in [0.4, 0.5) is 0 Å². The highest BCUT2D eigenvalue weighted by atomic mass is 32.2. The van der Waals surface area contributed by atoms with Gasteiger partial charge in [-0.15, -0.1) is 5.10 Å². The molecule has 1 heterocycles. The van der Waals surface area contributed by atoms with Crippen molar-refractivity contribution in [3.8, 4) is 11.5 Å². The van der Waals surface area contributed by atoms with Crippen molar-refractivity contribution < 1.29 is 10.2 Å². The summed E-state index contributed by atoms with van der Waals surface area (Å²) in [7, 11) is 0. The lowest BCUT2D eigenvalue weighted by Crippen LogP contribution is -1.93. The van der Waals surface area contributed by atoms with Gasteiger partial charge in [0.25, 0.3) is 0 Å². The molecule has 5 heteroatoms. The summed E-state index contributed by atoms with van der Waals surface area (Å²) in [6.45, 7) is 1.92. The molecular formula is C10H10N2O2S. The van der Waals surface area contributed by atoms with Crippen molar-refractivity contribution in [2.75, 3.05) is 0 Å². The molecule has 1 aliphatic rings. The first-order valence-electron chi connectivity index (χ1n) is 4.45. The second kappa shape index (κ2) is 3.94. The Labute approximate surface area is 91.4 Å². The van der Waals surface area contributed by atoms with Gasteiger partial charge in [0.1, 0.15) is 5.04 Å². The molecule has 0 unspecified atom stereocenters. The Hall–Kier alpha value is -1.49. The molecule has 0 saturated heterocycles. The van der Waals surface area contributed by atoms with Crippen molar-refractivity contribution in [1.29, 1.82) is 0 Å². The van der Waals surface area contributed by atoms with Gasteiger partial charge in [0.15, 0.2) is 11.5 Å². The smallest absolute Gasteiger partial charge is 0.158 e. The summed E-state index contributed by atoms with van der Waals surface area (Å²) in [5.41, 5.74) is 0.987. The summed E-state index contributed by atoms with van der Waals surface area (Å²) in [6, 6.07) is 4.70. The fourth-order valence-electron chi connectivity index (χ4n) is 1.19. The van der Waals surface area contributed by atoms with Gasteiger partial charge in [0, 0.05) is 17.0 Å². The standard InChI is InChI=1S/C10H10N2O2S/c1-6-4-10(12-11-6)15-7-2-3-8(13)9(14)5-7/h2-3,5,13-14H,4H2,1H3. The van der Waals surface area contributed by atoms with Gasteiger partial charge < -0.3 is 10.2 Å². The van der Waals surface area contributed by atoms with Gasteiger partial charge in [-0.1, -0.05) is 11.8 Å². The zero-order chi connectivity index (χ0) is 10.8. The molecule has 78 valence electrons. The van der Waals surface area contributed by atoms with Crippen molar-refractivity contribution in [3.63, 3.8) is 0 Å². The van der Waals surface area contributed by atoms with Crippen molar-refractivity contribution in [2.24, 2.45) is 10.2 Å². The SMILES string of the molecule is CC1=NN=C(Sc2ccc(O)c(O)c2)C1. The van der Waals surface area contributed by atoms with E-state index in [0.717, 1.165) is 22.1 Å². The van der Waals surface area contributed by atoms with Crippen molar-refractivity contribution in [2.45, 2.75) is 18.2 Å². The predicted molar refractivity (Wildman–Crippen MR) is 60.8 cm³/mol. The highest BCUT2D eigenvalue weighted by Crippen LogP contribution is 2.31. The van der Waals surface area contributed by atoms with E-state index in [1.54, 1.807) is 6.07 Å². The summed E-state index contributed by atoms with van der Waals surface area (Å²) >= 11 is 1.44. The molecule has 1 aliphatic heterocycles. The minimum absolute atomic E-state index is 0.111. The Balaban J connectivity index is 2.09. The van der Waals surface area contributed by atoms with Crippen molar-refractivity contribution in [1.82, 2.24) is 0 Å². The fraction of sp³-hybridized carbons (Fsp3) is 0.200. The first kappa shape index (κ1) is 10.0. The van der Waals surface area contributed by atoms with Crippen LogP contribution < -0.4 is 0 Å². The summed E-state index contributed by atoms with van der Waals surface area (Å²) in [5, 5.41) is 27.2. The summed E-state index contributed by atoms with van der Waals surface area (Å²) < 4.78 is 0. The molecule has 4 nitrogen and oxygen atoms in total. The predicted octanol–water partition coefficient (Wildman–Crippen LogP) is 2.37. The number of hydrogen-bond acceptors (Lipinski definition) is 5. The van der Waals surface area contributed by atoms with E-state index in [1.807, 2.05) is 6.92 Å². The lowest BCUT2D eigenvalue weighted by Gasteiger charge is -2.02. The molecule has 2 rings (SSSR count). The van der Waals surface area contributed by atoms with Gasteiger partial charge >= 0.3 is 0 Å². The maximum atomic E-state index is 9.29. The van der Waals surface area contributed by atoms with Crippen molar-refractivity contribution in [3.05, 3.63) is 18.2 Å². The van der Waals surface area contributed by atoms with Crippen LogP contribution in [0.5, 0.6) is 11.5 Å². The highest BCUT2D eigenvalue weighted by Gasteiger charge is 2.11. The molecule has 0 bridgehead atoms. The van der Waals surface area contributed by atoms with E-state index in [1.165, 1.54) is 23.9 Å². The number of rotatable bonds is 1. The van der Waals surface area contributed by atoms with Crippen molar-refractivity contribution >= 4 is 22.5 Å². The van der Waals surface area contributed by atoms with Gasteiger partial charge in [-0.05, 0) is 25.1 Å². The minimum atomic E-state index is -0.115. The number of thioether (sulfide) groups is 1. The van der Waals surface area contributed by atoms with Crippen LogP contribution in [0, 0.1) is 0 Å². The summed E-state index contributed by atoms with van der Waals surface area (Å²) in [4.78, 5) is 0.842. The molecule has 0 fully saturated rings.